The highest BCUT2D eigenvalue weighted by Gasteiger charge is 2.56. The summed E-state index contributed by atoms with van der Waals surface area (Å²) >= 11 is 6.26. The SMILES string of the molecule is CC(F)(c1ccc2c(c1)CCC1N(C(=O)C3CCS(=O)(=O)CC3)CCC21Cc1cccc(Cl)c1)C(F)(F)F. The zero-order valence-electron chi connectivity index (χ0n) is 21.0. The lowest BCUT2D eigenvalue weighted by atomic mass is 9.63. The Balaban J connectivity index is 1.53. The molecule has 1 aliphatic carbocycles. The molecule has 2 heterocycles. The molecule has 4 nitrogen and oxygen atoms in total. The van der Waals surface area contributed by atoms with Gasteiger partial charge in [0.2, 0.25) is 11.6 Å². The van der Waals surface area contributed by atoms with Crippen LogP contribution in [0.25, 0.3) is 0 Å². The van der Waals surface area contributed by atoms with Crippen LogP contribution in [0.3, 0.4) is 0 Å². The van der Waals surface area contributed by atoms with Gasteiger partial charge in [0.1, 0.15) is 9.84 Å². The Morgan fingerprint density at radius 2 is 1.79 bits per heavy atom. The first-order valence-corrected chi connectivity index (χ1v) is 15.1. The number of alkyl halides is 4. The Labute approximate surface area is 225 Å². The van der Waals surface area contributed by atoms with Crippen LogP contribution in [0.5, 0.6) is 0 Å². The molecule has 2 aliphatic heterocycles. The quantitative estimate of drug-likeness (QED) is 0.427. The van der Waals surface area contributed by atoms with Gasteiger partial charge in [-0.1, -0.05) is 41.9 Å². The van der Waals surface area contributed by atoms with E-state index in [9.17, 15) is 30.8 Å². The van der Waals surface area contributed by atoms with E-state index >= 15 is 0 Å². The number of fused-ring (bicyclic) bond motifs is 3. The molecule has 2 aromatic carbocycles. The number of likely N-dealkylation sites (tertiary alicyclic amines) is 1. The molecule has 10 heteroatoms. The number of carbonyl (C=O) groups excluding carboxylic acids is 1. The van der Waals surface area contributed by atoms with Crippen molar-refractivity contribution in [1.82, 2.24) is 4.90 Å². The molecule has 0 saturated carbocycles. The number of benzene rings is 2. The van der Waals surface area contributed by atoms with Crippen molar-refractivity contribution in [3.8, 4) is 0 Å². The summed E-state index contributed by atoms with van der Waals surface area (Å²) in [6.07, 6.45) is -2.36. The second kappa shape index (κ2) is 9.51. The summed E-state index contributed by atoms with van der Waals surface area (Å²) in [4.78, 5) is 15.5. The molecular weight excluding hydrogens is 542 g/mol. The van der Waals surface area contributed by atoms with E-state index in [-0.39, 0.29) is 29.4 Å². The molecule has 38 heavy (non-hydrogen) atoms. The predicted octanol–water partition coefficient (Wildman–Crippen LogP) is 5.94. The molecular formula is C28H30ClF4NO3S. The van der Waals surface area contributed by atoms with Gasteiger partial charge in [-0.15, -0.1) is 0 Å². The van der Waals surface area contributed by atoms with Crippen LogP contribution in [-0.2, 0) is 38.6 Å². The van der Waals surface area contributed by atoms with E-state index in [2.05, 4.69) is 0 Å². The highest BCUT2D eigenvalue weighted by molar-refractivity contribution is 7.91. The van der Waals surface area contributed by atoms with Crippen LogP contribution >= 0.6 is 11.6 Å². The first-order chi connectivity index (χ1) is 17.7. The van der Waals surface area contributed by atoms with Crippen molar-refractivity contribution in [2.45, 2.75) is 68.8 Å². The number of aryl methyl sites for hydroxylation is 1. The topological polar surface area (TPSA) is 54.5 Å². The van der Waals surface area contributed by atoms with E-state index < -0.39 is 32.7 Å². The average molecular weight is 572 g/mol. The lowest BCUT2D eigenvalue weighted by molar-refractivity contribution is -0.228. The van der Waals surface area contributed by atoms with Crippen LogP contribution in [0.1, 0.15) is 54.9 Å². The molecule has 0 aromatic heterocycles. The number of hydrogen-bond donors (Lipinski definition) is 0. The fraction of sp³-hybridized carbons (Fsp3) is 0.536. The van der Waals surface area contributed by atoms with Crippen molar-refractivity contribution < 1.29 is 30.8 Å². The number of amides is 1. The Hall–Kier alpha value is -2.13. The number of nitrogens with zero attached hydrogens (tertiary/aromatic N) is 1. The molecule has 206 valence electrons. The maximum absolute atomic E-state index is 14.8. The number of sulfone groups is 1. The van der Waals surface area contributed by atoms with E-state index in [1.165, 1.54) is 12.1 Å². The van der Waals surface area contributed by atoms with Crippen molar-refractivity contribution in [1.29, 1.82) is 0 Å². The molecule has 0 radical (unpaired) electrons. The predicted molar refractivity (Wildman–Crippen MR) is 138 cm³/mol. The van der Waals surface area contributed by atoms with Gasteiger partial charge in [0, 0.05) is 28.9 Å². The van der Waals surface area contributed by atoms with Crippen LogP contribution in [0.4, 0.5) is 17.6 Å². The second-order valence-electron chi connectivity index (χ2n) is 11.1. The summed E-state index contributed by atoms with van der Waals surface area (Å²) in [5.74, 6) is -0.403. The van der Waals surface area contributed by atoms with Gasteiger partial charge < -0.3 is 4.90 Å². The summed E-state index contributed by atoms with van der Waals surface area (Å²) in [7, 11) is -3.11. The van der Waals surface area contributed by atoms with Crippen molar-refractivity contribution in [2.75, 3.05) is 18.1 Å². The minimum absolute atomic E-state index is 0.00237. The summed E-state index contributed by atoms with van der Waals surface area (Å²) in [6, 6.07) is 11.4. The normalized spacial score (nSPS) is 26.9. The van der Waals surface area contributed by atoms with Crippen molar-refractivity contribution in [3.05, 3.63) is 69.7 Å². The van der Waals surface area contributed by atoms with Gasteiger partial charge in [-0.25, -0.2) is 12.8 Å². The molecule has 0 N–H and O–H groups in total. The Kier molecular flexibility index (Phi) is 6.86. The molecule has 1 amide bonds. The second-order valence-corrected chi connectivity index (χ2v) is 13.8. The summed E-state index contributed by atoms with van der Waals surface area (Å²) in [5.41, 5.74) is -2.00. The van der Waals surface area contributed by atoms with Gasteiger partial charge in [-0.2, -0.15) is 13.2 Å². The fourth-order valence-electron chi connectivity index (χ4n) is 6.67. The summed E-state index contributed by atoms with van der Waals surface area (Å²) in [6.45, 7) is 1.01. The lowest BCUT2D eigenvalue weighted by Crippen LogP contribution is -2.51. The number of halogens is 5. The van der Waals surface area contributed by atoms with Gasteiger partial charge in [0.25, 0.3) is 0 Å². The minimum atomic E-state index is -5.04. The molecule has 2 fully saturated rings. The first-order valence-electron chi connectivity index (χ1n) is 12.9. The number of hydrogen-bond acceptors (Lipinski definition) is 3. The van der Waals surface area contributed by atoms with Crippen molar-refractivity contribution in [3.63, 3.8) is 0 Å². The standard InChI is InChI=1S/C28H30ClF4NO3S/c1-26(30,28(31,32)33)21-6-7-23-20(16-21)5-8-24-27(23,17-18-3-2-4-22(29)15-18)11-12-34(24)25(35)19-9-13-38(36,37)14-10-19/h2-4,6-7,15-16,19,24H,5,8-14,17H2,1H3. The van der Waals surface area contributed by atoms with Crippen LogP contribution < -0.4 is 0 Å². The van der Waals surface area contributed by atoms with E-state index in [0.717, 1.165) is 11.1 Å². The third kappa shape index (κ3) is 4.74. The zero-order valence-corrected chi connectivity index (χ0v) is 22.6. The molecule has 5 rings (SSSR count). The third-order valence-corrected chi connectivity index (χ3v) is 10.8. The summed E-state index contributed by atoms with van der Waals surface area (Å²) in [5, 5.41) is 0.564. The number of carbonyl (C=O) groups is 1. The van der Waals surface area contributed by atoms with E-state index in [0.29, 0.717) is 62.6 Å². The maximum Gasteiger partial charge on any atom is 0.426 e. The summed E-state index contributed by atoms with van der Waals surface area (Å²) < 4.78 is 79.1. The fourth-order valence-corrected chi connectivity index (χ4v) is 8.37. The highest BCUT2D eigenvalue weighted by atomic mass is 35.5. The molecule has 2 aromatic rings. The molecule has 0 bridgehead atoms. The molecule has 3 aliphatic rings. The average Bonchev–Trinajstić information content (AvgIpc) is 3.22. The van der Waals surface area contributed by atoms with Crippen molar-refractivity contribution in [2.24, 2.45) is 5.92 Å². The Bertz CT molecular complexity index is 1350. The van der Waals surface area contributed by atoms with Gasteiger partial charge in [0.05, 0.1) is 11.5 Å². The molecule has 0 spiro atoms. The monoisotopic (exact) mass is 571 g/mol. The van der Waals surface area contributed by atoms with Crippen LogP contribution in [0.2, 0.25) is 5.02 Å². The third-order valence-electron chi connectivity index (χ3n) is 8.81. The van der Waals surface area contributed by atoms with Crippen LogP contribution in [-0.4, -0.2) is 49.5 Å². The molecule has 3 atom stereocenters. The van der Waals surface area contributed by atoms with Crippen LogP contribution in [0, 0.1) is 5.92 Å². The van der Waals surface area contributed by atoms with Gasteiger partial charge in [-0.3, -0.25) is 4.79 Å². The first kappa shape index (κ1) is 27.4. The van der Waals surface area contributed by atoms with Crippen LogP contribution in [0.15, 0.2) is 42.5 Å². The van der Waals surface area contributed by atoms with Gasteiger partial charge in [-0.05, 0) is 79.8 Å². The van der Waals surface area contributed by atoms with Crippen molar-refractivity contribution >= 4 is 27.3 Å². The molecule has 2 saturated heterocycles. The smallest absolute Gasteiger partial charge is 0.339 e. The largest absolute Gasteiger partial charge is 0.426 e. The lowest BCUT2D eigenvalue weighted by Gasteiger charge is -2.44. The van der Waals surface area contributed by atoms with E-state index in [1.807, 2.05) is 23.1 Å². The Morgan fingerprint density at radius 1 is 1.08 bits per heavy atom. The Morgan fingerprint density at radius 3 is 2.45 bits per heavy atom. The molecule has 3 unspecified atom stereocenters. The maximum atomic E-state index is 14.8. The zero-order chi connectivity index (χ0) is 27.5. The van der Waals surface area contributed by atoms with Gasteiger partial charge in [0.15, 0.2) is 0 Å². The van der Waals surface area contributed by atoms with E-state index in [1.54, 1.807) is 12.1 Å². The number of rotatable bonds is 4. The minimum Gasteiger partial charge on any atom is -0.339 e. The van der Waals surface area contributed by atoms with Gasteiger partial charge >= 0.3 is 6.18 Å². The van der Waals surface area contributed by atoms with E-state index in [4.69, 9.17) is 11.6 Å². The highest BCUT2D eigenvalue weighted by Crippen LogP contribution is 2.51.